The third kappa shape index (κ3) is 2.65. The molecule has 0 atom stereocenters. The summed E-state index contributed by atoms with van der Waals surface area (Å²) in [6.07, 6.45) is 3.81. The monoisotopic (exact) mass is 288 g/mol. The maximum Gasteiger partial charge on any atom is 0.0671 e. The third-order valence-corrected chi connectivity index (χ3v) is 4.04. The van der Waals surface area contributed by atoms with Crippen molar-refractivity contribution in [2.24, 2.45) is 0 Å². The van der Waals surface area contributed by atoms with Gasteiger partial charge in [0.1, 0.15) is 0 Å². The van der Waals surface area contributed by atoms with Crippen LogP contribution in [0, 0.1) is 0 Å². The molecule has 20 heavy (non-hydrogen) atoms. The molecule has 4 heteroatoms. The molecule has 0 amide bonds. The molecular weight excluding hydrogens is 272 g/mol. The molecule has 2 aromatic rings. The number of halogens is 1. The second-order valence-corrected chi connectivity index (χ2v) is 5.49. The van der Waals surface area contributed by atoms with Crippen LogP contribution in [0.15, 0.2) is 36.5 Å². The van der Waals surface area contributed by atoms with E-state index in [-0.39, 0.29) is 0 Å². The Bertz CT molecular complexity index is 592. The van der Waals surface area contributed by atoms with Gasteiger partial charge in [-0.05, 0) is 36.6 Å². The van der Waals surface area contributed by atoms with E-state index in [9.17, 15) is 0 Å². The molecule has 1 aliphatic heterocycles. The van der Waals surface area contributed by atoms with Gasteiger partial charge in [-0.1, -0.05) is 23.7 Å². The summed E-state index contributed by atoms with van der Waals surface area (Å²) in [6, 6.07) is 9.70. The van der Waals surface area contributed by atoms with Crippen molar-refractivity contribution in [2.75, 3.05) is 18.9 Å². The van der Waals surface area contributed by atoms with Gasteiger partial charge in [0.05, 0.1) is 11.4 Å². The van der Waals surface area contributed by atoms with E-state index in [0.717, 1.165) is 53.6 Å². The van der Waals surface area contributed by atoms with Crippen LogP contribution in [-0.4, -0.2) is 18.2 Å². The predicted octanol–water partition coefficient (Wildman–Crippen LogP) is 3.88. The Morgan fingerprint density at radius 3 is 2.50 bits per heavy atom. The lowest BCUT2D eigenvalue weighted by atomic mass is 9.92. The molecule has 0 radical (unpaired) electrons. The van der Waals surface area contributed by atoms with Crippen LogP contribution in [0.4, 0.5) is 5.69 Å². The van der Waals surface area contributed by atoms with Crippen molar-refractivity contribution in [1.29, 1.82) is 0 Å². The predicted molar refractivity (Wildman–Crippen MR) is 81.9 cm³/mol. The Balaban J connectivity index is 1.98. The second kappa shape index (κ2) is 5.81. The number of anilines is 1. The minimum Gasteiger partial charge on any atom is -0.397 e. The van der Waals surface area contributed by atoms with E-state index in [1.54, 1.807) is 0 Å². The van der Waals surface area contributed by atoms with Gasteiger partial charge in [0.25, 0.3) is 0 Å². The number of hydrogen-bond acceptors (Lipinski definition) is 3. The van der Waals surface area contributed by atoms with E-state index in [1.165, 1.54) is 0 Å². The summed E-state index contributed by atoms with van der Waals surface area (Å²) in [7, 11) is 0. The van der Waals surface area contributed by atoms with Gasteiger partial charge >= 0.3 is 0 Å². The van der Waals surface area contributed by atoms with Gasteiger partial charge in [0.2, 0.25) is 0 Å². The summed E-state index contributed by atoms with van der Waals surface area (Å²) < 4.78 is 5.41. The minimum atomic E-state index is 0.399. The number of benzene rings is 1. The first-order valence-corrected chi connectivity index (χ1v) is 7.21. The quantitative estimate of drug-likeness (QED) is 0.912. The van der Waals surface area contributed by atoms with Crippen LogP contribution in [0.25, 0.3) is 11.1 Å². The fraction of sp³-hybridized carbons (Fsp3) is 0.312. The molecule has 3 rings (SSSR count). The van der Waals surface area contributed by atoms with Crippen LogP contribution < -0.4 is 5.73 Å². The average molecular weight is 289 g/mol. The number of nitrogens with two attached hydrogens (primary N) is 1. The molecular formula is C16H17ClN2O. The largest absolute Gasteiger partial charge is 0.397 e. The molecule has 0 saturated carbocycles. The summed E-state index contributed by atoms with van der Waals surface area (Å²) in [6.45, 7) is 1.58. The van der Waals surface area contributed by atoms with Gasteiger partial charge in [-0.3, -0.25) is 4.98 Å². The van der Waals surface area contributed by atoms with E-state index in [1.807, 2.05) is 36.5 Å². The molecule has 2 N–H and O–H groups in total. The maximum absolute atomic E-state index is 6.35. The first kappa shape index (κ1) is 13.4. The first-order valence-electron chi connectivity index (χ1n) is 6.84. The van der Waals surface area contributed by atoms with Crippen LogP contribution in [0.2, 0.25) is 5.02 Å². The molecule has 104 valence electrons. The number of rotatable bonds is 2. The smallest absolute Gasteiger partial charge is 0.0671 e. The van der Waals surface area contributed by atoms with Crippen LogP contribution in [-0.2, 0) is 4.74 Å². The van der Waals surface area contributed by atoms with Crippen LogP contribution in [0.3, 0.4) is 0 Å². The Labute approximate surface area is 123 Å². The molecule has 1 aliphatic rings. The lowest BCUT2D eigenvalue weighted by Gasteiger charge is -2.23. The number of nitrogen functional groups attached to an aromatic ring is 1. The Hall–Kier alpha value is -1.58. The lowest BCUT2D eigenvalue weighted by molar-refractivity contribution is 0.0846. The van der Waals surface area contributed by atoms with Crippen LogP contribution in [0.5, 0.6) is 0 Å². The SMILES string of the molecule is Nc1c(-c2ccc(Cl)cc2)ccnc1C1CCOCC1. The second-order valence-electron chi connectivity index (χ2n) is 5.05. The Morgan fingerprint density at radius 2 is 1.80 bits per heavy atom. The molecule has 1 aromatic heterocycles. The fourth-order valence-electron chi connectivity index (χ4n) is 2.67. The molecule has 1 fully saturated rings. The van der Waals surface area contributed by atoms with Gasteiger partial charge < -0.3 is 10.5 Å². The zero-order valence-corrected chi connectivity index (χ0v) is 11.9. The van der Waals surface area contributed by atoms with Crippen molar-refractivity contribution < 1.29 is 4.74 Å². The summed E-state index contributed by atoms with van der Waals surface area (Å²) in [5, 5.41) is 0.728. The van der Waals surface area contributed by atoms with Gasteiger partial charge in [-0.25, -0.2) is 0 Å². The topological polar surface area (TPSA) is 48.1 Å². The molecule has 2 heterocycles. The highest BCUT2D eigenvalue weighted by Gasteiger charge is 2.21. The van der Waals surface area contributed by atoms with Gasteiger partial charge in [0.15, 0.2) is 0 Å². The van der Waals surface area contributed by atoms with Crippen molar-refractivity contribution in [3.05, 3.63) is 47.2 Å². The van der Waals surface area contributed by atoms with Crippen molar-refractivity contribution in [3.63, 3.8) is 0 Å². The van der Waals surface area contributed by atoms with Gasteiger partial charge in [-0.15, -0.1) is 0 Å². The molecule has 0 unspecified atom stereocenters. The van der Waals surface area contributed by atoms with Crippen molar-refractivity contribution in [3.8, 4) is 11.1 Å². The van der Waals surface area contributed by atoms with E-state index in [4.69, 9.17) is 22.1 Å². The lowest BCUT2D eigenvalue weighted by Crippen LogP contribution is -2.16. The number of nitrogens with zero attached hydrogens (tertiary/aromatic N) is 1. The Kier molecular flexibility index (Phi) is 3.90. The molecule has 1 saturated heterocycles. The molecule has 0 aliphatic carbocycles. The van der Waals surface area contributed by atoms with E-state index in [0.29, 0.717) is 5.92 Å². The molecule has 0 spiro atoms. The summed E-state index contributed by atoms with van der Waals surface area (Å²) in [5.41, 5.74) is 10.2. The zero-order chi connectivity index (χ0) is 13.9. The number of pyridine rings is 1. The van der Waals surface area contributed by atoms with Crippen molar-refractivity contribution in [1.82, 2.24) is 4.98 Å². The highest BCUT2D eigenvalue weighted by molar-refractivity contribution is 6.30. The van der Waals surface area contributed by atoms with Crippen molar-refractivity contribution >= 4 is 17.3 Å². The van der Waals surface area contributed by atoms with Crippen LogP contribution in [0.1, 0.15) is 24.5 Å². The van der Waals surface area contributed by atoms with Crippen molar-refractivity contribution in [2.45, 2.75) is 18.8 Å². The number of aromatic nitrogens is 1. The highest BCUT2D eigenvalue weighted by Crippen LogP contribution is 2.35. The standard InChI is InChI=1S/C16H17ClN2O/c17-13-3-1-11(2-4-13)14-5-8-19-16(15(14)18)12-6-9-20-10-7-12/h1-5,8,12H,6-7,9-10,18H2. The van der Waals surface area contributed by atoms with Gasteiger partial charge in [0, 0.05) is 35.9 Å². The number of hydrogen-bond donors (Lipinski definition) is 1. The maximum atomic E-state index is 6.35. The van der Waals surface area contributed by atoms with E-state index >= 15 is 0 Å². The molecule has 0 bridgehead atoms. The van der Waals surface area contributed by atoms with Gasteiger partial charge in [-0.2, -0.15) is 0 Å². The summed E-state index contributed by atoms with van der Waals surface area (Å²) >= 11 is 5.93. The minimum absolute atomic E-state index is 0.399. The molecule has 1 aromatic carbocycles. The summed E-state index contributed by atoms with van der Waals surface area (Å²) in [4.78, 5) is 4.50. The third-order valence-electron chi connectivity index (χ3n) is 3.78. The molecule has 3 nitrogen and oxygen atoms in total. The fourth-order valence-corrected chi connectivity index (χ4v) is 2.79. The normalized spacial score (nSPS) is 16.2. The Morgan fingerprint density at radius 1 is 1.10 bits per heavy atom. The average Bonchev–Trinajstić information content (AvgIpc) is 2.49. The summed E-state index contributed by atoms with van der Waals surface area (Å²) in [5.74, 6) is 0.399. The first-order chi connectivity index (χ1) is 9.75. The van der Waals surface area contributed by atoms with E-state index in [2.05, 4.69) is 4.98 Å². The zero-order valence-electron chi connectivity index (χ0n) is 11.2. The van der Waals surface area contributed by atoms with Crippen LogP contribution >= 0.6 is 11.6 Å². The highest BCUT2D eigenvalue weighted by atomic mass is 35.5. The number of ether oxygens (including phenoxy) is 1. The van der Waals surface area contributed by atoms with E-state index < -0.39 is 0 Å².